The van der Waals surface area contributed by atoms with E-state index in [2.05, 4.69) is 27.8 Å². The first kappa shape index (κ1) is 15.0. The van der Waals surface area contributed by atoms with Gasteiger partial charge < -0.3 is 10.0 Å². The molecule has 0 saturated heterocycles. The number of nitrogens with zero attached hydrogens (tertiary/aromatic N) is 3. The van der Waals surface area contributed by atoms with Crippen LogP contribution >= 0.6 is 11.6 Å². The molecule has 0 bridgehead atoms. The van der Waals surface area contributed by atoms with E-state index in [-0.39, 0.29) is 12.0 Å². The maximum Gasteiger partial charge on any atom is 0.127 e. The van der Waals surface area contributed by atoms with Gasteiger partial charge >= 0.3 is 0 Å². The van der Waals surface area contributed by atoms with Crippen molar-refractivity contribution < 1.29 is 5.11 Å². The third kappa shape index (κ3) is 2.36. The Morgan fingerprint density at radius 3 is 2.70 bits per heavy atom. The van der Waals surface area contributed by atoms with Gasteiger partial charge in [0.25, 0.3) is 0 Å². The summed E-state index contributed by atoms with van der Waals surface area (Å²) >= 11 is 6.50. The van der Waals surface area contributed by atoms with Gasteiger partial charge in [0.2, 0.25) is 0 Å². The van der Waals surface area contributed by atoms with Crippen LogP contribution in [0.2, 0.25) is 5.02 Å². The minimum Gasteiger partial charge on any atom is -0.395 e. The minimum absolute atomic E-state index is 0.0342. The second-order valence-corrected chi connectivity index (χ2v) is 7.00. The summed E-state index contributed by atoms with van der Waals surface area (Å²) in [5, 5.41) is 15.1. The van der Waals surface area contributed by atoms with Crippen LogP contribution in [-0.4, -0.2) is 34.6 Å². The number of halogens is 1. The van der Waals surface area contributed by atoms with Crippen molar-refractivity contribution in [2.75, 3.05) is 24.6 Å². The van der Waals surface area contributed by atoms with E-state index in [9.17, 15) is 5.11 Å². The maximum atomic E-state index is 9.29. The number of hydrogen-bond donors (Lipinski definition) is 1. The predicted molar refractivity (Wildman–Crippen MR) is 92.2 cm³/mol. The van der Waals surface area contributed by atoms with E-state index in [0.29, 0.717) is 6.54 Å². The topological polar surface area (TPSA) is 41.3 Å². The van der Waals surface area contributed by atoms with Crippen LogP contribution < -0.4 is 4.90 Å². The van der Waals surface area contributed by atoms with E-state index in [1.54, 1.807) is 0 Å². The summed E-state index contributed by atoms with van der Waals surface area (Å²) in [4.78, 5) is 2.24. The zero-order valence-electron chi connectivity index (χ0n) is 13.2. The summed E-state index contributed by atoms with van der Waals surface area (Å²) in [6.45, 7) is 2.79. The molecule has 1 saturated carbocycles. The number of rotatable bonds is 4. The summed E-state index contributed by atoms with van der Waals surface area (Å²) in [6, 6.07) is 10.4. The molecule has 0 spiro atoms. The number of fused-ring (bicyclic) bond motifs is 1. The van der Waals surface area contributed by atoms with Crippen LogP contribution in [0.5, 0.6) is 0 Å². The van der Waals surface area contributed by atoms with Gasteiger partial charge in [-0.15, -0.1) is 0 Å². The quantitative estimate of drug-likeness (QED) is 0.935. The highest BCUT2D eigenvalue weighted by Gasteiger charge is 2.44. The van der Waals surface area contributed by atoms with Crippen molar-refractivity contribution in [3.05, 3.63) is 46.6 Å². The molecule has 4 nitrogen and oxygen atoms in total. The first-order valence-electron chi connectivity index (χ1n) is 8.44. The molecule has 1 aliphatic heterocycles. The van der Waals surface area contributed by atoms with Crippen LogP contribution in [-0.2, 0) is 12.0 Å². The molecule has 5 heteroatoms. The second kappa shape index (κ2) is 5.84. The van der Waals surface area contributed by atoms with E-state index in [1.807, 2.05) is 12.1 Å². The van der Waals surface area contributed by atoms with Crippen molar-refractivity contribution in [3.63, 3.8) is 0 Å². The number of aliphatic hydroxyl groups is 1. The first-order chi connectivity index (χ1) is 11.2. The molecule has 2 aromatic rings. The summed E-state index contributed by atoms with van der Waals surface area (Å²) in [5.74, 6) is 1.14. The highest BCUT2D eigenvalue weighted by atomic mass is 35.5. The van der Waals surface area contributed by atoms with Gasteiger partial charge in [-0.3, -0.25) is 0 Å². The molecule has 0 radical (unpaired) electrons. The Bertz CT molecular complexity index is 708. The Hall–Kier alpha value is -1.52. The van der Waals surface area contributed by atoms with Crippen molar-refractivity contribution in [1.82, 2.24) is 9.78 Å². The SMILES string of the molecule is OCCN1CCCn2nc(C3(c4ccccc4Cl)CCC3)cc21. The van der Waals surface area contributed by atoms with Crippen molar-refractivity contribution in [2.24, 2.45) is 0 Å². The summed E-state index contributed by atoms with van der Waals surface area (Å²) < 4.78 is 2.10. The molecular formula is C18H22ClN3O. The molecule has 2 heterocycles. The van der Waals surface area contributed by atoms with Crippen LogP contribution in [0.3, 0.4) is 0 Å². The van der Waals surface area contributed by atoms with Crippen LogP contribution in [0.4, 0.5) is 5.82 Å². The zero-order chi connectivity index (χ0) is 15.9. The highest BCUT2D eigenvalue weighted by molar-refractivity contribution is 6.31. The van der Waals surface area contributed by atoms with Gasteiger partial charge in [-0.25, -0.2) is 4.68 Å². The number of β-amino-alcohol motifs (C(OH)–C–C–N with tert-alkyl or cyclic N) is 1. The fourth-order valence-electron chi connectivity index (χ4n) is 3.98. The third-order valence-electron chi connectivity index (χ3n) is 5.34. The molecule has 1 N–H and O–H groups in total. The van der Waals surface area contributed by atoms with E-state index < -0.39 is 0 Å². The molecule has 1 aromatic carbocycles. The second-order valence-electron chi connectivity index (χ2n) is 6.59. The molecule has 1 aliphatic carbocycles. The lowest BCUT2D eigenvalue weighted by molar-refractivity contribution is 0.289. The van der Waals surface area contributed by atoms with Crippen molar-refractivity contribution in [3.8, 4) is 0 Å². The van der Waals surface area contributed by atoms with Gasteiger partial charge in [0.15, 0.2) is 0 Å². The molecule has 2 aliphatic rings. The average Bonchev–Trinajstić information content (AvgIpc) is 2.93. The van der Waals surface area contributed by atoms with E-state index in [4.69, 9.17) is 16.7 Å². The molecule has 23 heavy (non-hydrogen) atoms. The van der Waals surface area contributed by atoms with Gasteiger partial charge in [0.1, 0.15) is 5.82 Å². The zero-order valence-corrected chi connectivity index (χ0v) is 14.0. The Labute approximate surface area is 141 Å². The van der Waals surface area contributed by atoms with Gasteiger partial charge in [-0.2, -0.15) is 5.10 Å². The Morgan fingerprint density at radius 1 is 1.17 bits per heavy atom. The summed E-state index contributed by atoms with van der Waals surface area (Å²) in [7, 11) is 0. The largest absolute Gasteiger partial charge is 0.395 e. The normalized spacial score (nSPS) is 19.3. The molecule has 0 amide bonds. The van der Waals surface area contributed by atoms with E-state index in [0.717, 1.165) is 48.9 Å². The first-order valence-corrected chi connectivity index (χ1v) is 8.81. The number of aromatic nitrogens is 2. The number of aryl methyl sites for hydroxylation is 1. The number of benzene rings is 1. The van der Waals surface area contributed by atoms with Crippen LogP contribution in [0.25, 0.3) is 0 Å². The van der Waals surface area contributed by atoms with Crippen LogP contribution in [0.1, 0.15) is 36.9 Å². The van der Waals surface area contributed by atoms with Gasteiger partial charge in [-0.05, 0) is 30.9 Å². The third-order valence-corrected chi connectivity index (χ3v) is 5.67. The monoisotopic (exact) mass is 331 g/mol. The Kier molecular flexibility index (Phi) is 3.82. The molecule has 122 valence electrons. The maximum absolute atomic E-state index is 9.29. The number of aliphatic hydroxyl groups excluding tert-OH is 1. The highest BCUT2D eigenvalue weighted by Crippen LogP contribution is 2.51. The van der Waals surface area contributed by atoms with Crippen LogP contribution in [0, 0.1) is 0 Å². The van der Waals surface area contributed by atoms with Crippen LogP contribution in [0.15, 0.2) is 30.3 Å². The number of hydrogen-bond acceptors (Lipinski definition) is 3. The molecule has 4 rings (SSSR count). The lowest BCUT2D eigenvalue weighted by atomic mass is 9.62. The average molecular weight is 332 g/mol. The standard InChI is InChI=1S/C18H22ClN3O/c19-15-6-2-1-5-14(15)18(7-3-8-18)16-13-17-21(11-12-23)9-4-10-22(17)20-16/h1-2,5-6,13,23H,3-4,7-12H2. The lowest BCUT2D eigenvalue weighted by Gasteiger charge is -2.41. The van der Waals surface area contributed by atoms with Gasteiger partial charge in [0, 0.05) is 36.1 Å². The molecule has 1 aromatic heterocycles. The summed E-state index contributed by atoms with van der Waals surface area (Å²) in [5.41, 5.74) is 2.31. The fraction of sp³-hybridized carbons (Fsp3) is 0.500. The van der Waals surface area contributed by atoms with E-state index >= 15 is 0 Å². The Morgan fingerprint density at radius 2 is 2.00 bits per heavy atom. The van der Waals surface area contributed by atoms with Gasteiger partial charge in [0.05, 0.1) is 12.3 Å². The van der Waals surface area contributed by atoms with Crippen molar-refractivity contribution in [1.29, 1.82) is 0 Å². The van der Waals surface area contributed by atoms with Crippen molar-refractivity contribution in [2.45, 2.75) is 37.6 Å². The van der Waals surface area contributed by atoms with Crippen molar-refractivity contribution >= 4 is 17.4 Å². The fourth-order valence-corrected chi connectivity index (χ4v) is 4.29. The summed E-state index contributed by atoms with van der Waals surface area (Å²) in [6.07, 6.45) is 4.50. The molecular weight excluding hydrogens is 310 g/mol. The molecule has 0 atom stereocenters. The predicted octanol–water partition coefficient (Wildman–Crippen LogP) is 3.21. The number of anilines is 1. The minimum atomic E-state index is -0.0342. The van der Waals surface area contributed by atoms with Gasteiger partial charge in [-0.1, -0.05) is 36.2 Å². The van der Waals surface area contributed by atoms with E-state index in [1.165, 1.54) is 12.0 Å². The molecule has 1 fully saturated rings. The Balaban J connectivity index is 1.76. The smallest absolute Gasteiger partial charge is 0.127 e. The lowest BCUT2D eigenvalue weighted by Crippen LogP contribution is -2.36. The molecule has 0 unspecified atom stereocenters.